The van der Waals surface area contributed by atoms with Crippen molar-refractivity contribution in [2.75, 3.05) is 14.2 Å². The van der Waals surface area contributed by atoms with Gasteiger partial charge in [-0.25, -0.2) is 0 Å². The maximum Gasteiger partial charge on any atom is 0.119 e. The summed E-state index contributed by atoms with van der Waals surface area (Å²) in [7, 11) is 3.71. The first kappa shape index (κ1) is 14.1. The molecule has 1 atom stereocenters. The van der Waals surface area contributed by atoms with Crippen LogP contribution in [-0.2, 0) is 0 Å². The molecule has 0 aliphatic rings. The summed E-state index contributed by atoms with van der Waals surface area (Å²) in [5.74, 6) is 0.897. The first-order valence-electron chi connectivity index (χ1n) is 7.02. The number of ether oxygens (including phenoxy) is 1. The van der Waals surface area contributed by atoms with E-state index in [1.165, 1.54) is 26.1 Å². The second-order valence-electron chi connectivity index (χ2n) is 5.14. The first-order valence-corrected chi connectivity index (χ1v) is 7.84. The van der Waals surface area contributed by atoms with Gasteiger partial charge in [-0.05, 0) is 60.6 Å². The van der Waals surface area contributed by atoms with Crippen LogP contribution in [0.5, 0.6) is 5.75 Å². The summed E-state index contributed by atoms with van der Waals surface area (Å²) >= 11 is 1.84. The molecule has 0 bridgehead atoms. The second-order valence-corrected chi connectivity index (χ2v) is 6.46. The molecule has 0 amide bonds. The third kappa shape index (κ3) is 2.80. The van der Waals surface area contributed by atoms with Crippen LogP contribution in [0.1, 0.15) is 21.4 Å². The van der Waals surface area contributed by atoms with Crippen LogP contribution in [0, 0.1) is 6.92 Å². The summed E-state index contributed by atoms with van der Waals surface area (Å²) in [5.41, 5.74) is 1.29. The largest absolute Gasteiger partial charge is 0.497 e. The van der Waals surface area contributed by atoms with E-state index >= 15 is 0 Å². The summed E-state index contributed by atoms with van der Waals surface area (Å²) in [6.07, 6.45) is 0. The number of methoxy groups -OCH3 is 1. The number of thiophene rings is 1. The molecule has 2 aromatic carbocycles. The minimum atomic E-state index is 0.246. The van der Waals surface area contributed by atoms with Gasteiger partial charge in [-0.1, -0.05) is 18.2 Å². The molecule has 0 spiro atoms. The monoisotopic (exact) mass is 297 g/mol. The Bertz CT molecular complexity index is 763. The van der Waals surface area contributed by atoms with Crippen molar-refractivity contribution in [3.05, 3.63) is 63.8 Å². The van der Waals surface area contributed by atoms with E-state index in [4.69, 9.17) is 4.74 Å². The van der Waals surface area contributed by atoms with Gasteiger partial charge in [-0.3, -0.25) is 0 Å². The van der Waals surface area contributed by atoms with Crippen LogP contribution < -0.4 is 10.1 Å². The number of aryl methyl sites for hydroxylation is 1. The molecule has 0 aliphatic carbocycles. The van der Waals surface area contributed by atoms with Gasteiger partial charge in [0.1, 0.15) is 5.75 Å². The highest BCUT2D eigenvalue weighted by Crippen LogP contribution is 2.30. The fourth-order valence-corrected chi connectivity index (χ4v) is 3.65. The van der Waals surface area contributed by atoms with E-state index < -0.39 is 0 Å². The molecular formula is C18H19NOS. The molecule has 0 radical (unpaired) electrons. The average molecular weight is 297 g/mol. The van der Waals surface area contributed by atoms with Gasteiger partial charge in [0.25, 0.3) is 0 Å². The smallest absolute Gasteiger partial charge is 0.119 e. The average Bonchev–Trinajstić information content (AvgIpc) is 2.93. The van der Waals surface area contributed by atoms with E-state index in [1.54, 1.807) is 7.11 Å². The highest BCUT2D eigenvalue weighted by atomic mass is 32.1. The number of hydrogen-bond donors (Lipinski definition) is 1. The molecule has 2 nitrogen and oxygen atoms in total. The highest BCUT2D eigenvalue weighted by molar-refractivity contribution is 7.12. The van der Waals surface area contributed by atoms with Crippen molar-refractivity contribution < 1.29 is 4.74 Å². The third-order valence-corrected chi connectivity index (χ3v) is 4.80. The zero-order valence-corrected chi connectivity index (χ0v) is 13.3. The zero-order valence-electron chi connectivity index (χ0n) is 12.5. The summed E-state index contributed by atoms with van der Waals surface area (Å²) in [6.45, 7) is 2.15. The van der Waals surface area contributed by atoms with Crippen LogP contribution >= 0.6 is 11.3 Å². The molecule has 0 saturated carbocycles. The Labute approximate surface area is 129 Å². The SMILES string of the molecule is CNC(c1ccc2cc(OC)ccc2c1)c1ccc(C)s1. The van der Waals surface area contributed by atoms with Crippen molar-refractivity contribution in [2.24, 2.45) is 0 Å². The predicted octanol–water partition coefficient (Wildman–Crippen LogP) is 4.53. The minimum Gasteiger partial charge on any atom is -0.497 e. The van der Waals surface area contributed by atoms with Crippen molar-refractivity contribution in [1.82, 2.24) is 5.32 Å². The van der Waals surface area contributed by atoms with E-state index in [0.29, 0.717) is 0 Å². The molecule has 0 fully saturated rings. The highest BCUT2D eigenvalue weighted by Gasteiger charge is 2.14. The molecule has 1 heterocycles. The molecule has 1 unspecified atom stereocenters. The van der Waals surface area contributed by atoms with Crippen LogP contribution in [0.15, 0.2) is 48.5 Å². The van der Waals surface area contributed by atoms with E-state index in [0.717, 1.165) is 5.75 Å². The van der Waals surface area contributed by atoms with Gasteiger partial charge in [0.05, 0.1) is 13.2 Å². The Morgan fingerprint density at radius 1 is 1.00 bits per heavy atom. The molecule has 3 rings (SSSR count). The Hall–Kier alpha value is -1.84. The van der Waals surface area contributed by atoms with Crippen LogP contribution in [0.4, 0.5) is 0 Å². The van der Waals surface area contributed by atoms with Crippen molar-refractivity contribution in [2.45, 2.75) is 13.0 Å². The molecule has 3 heteroatoms. The second kappa shape index (κ2) is 5.88. The Balaban J connectivity index is 2.03. The molecule has 0 aliphatic heterocycles. The van der Waals surface area contributed by atoms with Crippen molar-refractivity contribution in [3.8, 4) is 5.75 Å². The van der Waals surface area contributed by atoms with E-state index in [9.17, 15) is 0 Å². The van der Waals surface area contributed by atoms with E-state index in [1.807, 2.05) is 24.5 Å². The van der Waals surface area contributed by atoms with Gasteiger partial charge < -0.3 is 10.1 Å². The quantitative estimate of drug-likeness (QED) is 0.764. The van der Waals surface area contributed by atoms with Crippen molar-refractivity contribution >= 4 is 22.1 Å². The van der Waals surface area contributed by atoms with Gasteiger partial charge in [0.15, 0.2) is 0 Å². The molecule has 1 N–H and O–H groups in total. The molecular weight excluding hydrogens is 278 g/mol. The Kier molecular flexibility index (Phi) is 3.95. The number of rotatable bonds is 4. The summed E-state index contributed by atoms with van der Waals surface area (Å²) in [6, 6.07) is 17.4. The van der Waals surface area contributed by atoms with E-state index in [2.05, 4.69) is 54.7 Å². The Morgan fingerprint density at radius 3 is 2.43 bits per heavy atom. The molecule has 1 aromatic heterocycles. The maximum atomic E-state index is 5.28. The predicted molar refractivity (Wildman–Crippen MR) is 90.5 cm³/mol. The summed E-state index contributed by atoms with van der Waals surface area (Å²) in [5, 5.41) is 5.86. The number of fused-ring (bicyclic) bond motifs is 1. The lowest BCUT2D eigenvalue weighted by molar-refractivity contribution is 0.415. The third-order valence-electron chi connectivity index (χ3n) is 3.74. The molecule has 108 valence electrons. The lowest BCUT2D eigenvalue weighted by atomic mass is 10.0. The van der Waals surface area contributed by atoms with Gasteiger partial charge >= 0.3 is 0 Å². The summed E-state index contributed by atoms with van der Waals surface area (Å²) < 4.78 is 5.28. The van der Waals surface area contributed by atoms with Crippen LogP contribution in [0.25, 0.3) is 10.8 Å². The van der Waals surface area contributed by atoms with Crippen LogP contribution in [0.3, 0.4) is 0 Å². The Morgan fingerprint density at radius 2 is 1.76 bits per heavy atom. The lowest BCUT2D eigenvalue weighted by Crippen LogP contribution is -2.16. The van der Waals surface area contributed by atoms with Crippen molar-refractivity contribution in [3.63, 3.8) is 0 Å². The zero-order chi connectivity index (χ0) is 14.8. The standard InChI is InChI=1S/C18H19NOS/c1-12-4-9-17(21-12)18(19-2)15-6-5-14-11-16(20-3)8-7-13(14)10-15/h4-11,18-19H,1-3H3. The van der Waals surface area contributed by atoms with Gasteiger partial charge in [-0.15, -0.1) is 11.3 Å². The fourth-order valence-electron chi connectivity index (χ4n) is 2.63. The van der Waals surface area contributed by atoms with Crippen molar-refractivity contribution in [1.29, 1.82) is 0 Å². The topological polar surface area (TPSA) is 21.3 Å². The van der Waals surface area contributed by atoms with E-state index in [-0.39, 0.29) is 6.04 Å². The molecule has 3 aromatic rings. The number of hydrogen-bond acceptors (Lipinski definition) is 3. The van der Waals surface area contributed by atoms with Gasteiger partial charge in [0, 0.05) is 9.75 Å². The first-order chi connectivity index (χ1) is 10.2. The van der Waals surface area contributed by atoms with Gasteiger partial charge in [-0.2, -0.15) is 0 Å². The van der Waals surface area contributed by atoms with Crippen LogP contribution in [0.2, 0.25) is 0 Å². The number of benzene rings is 2. The fraction of sp³-hybridized carbons (Fsp3) is 0.222. The molecule has 0 saturated heterocycles. The maximum absolute atomic E-state index is 5.28. The lowest BCUT2D eigenvalue weighted by Gasteiger charge is -2.16. The van der Waals surface area contributed by atoms with Crippen LogP contribution in [-0.4, -0.2) is 14.2 Å². The minimum absolute atomic E-state index is 0.246. The van der Waals surface area contributed by atoms with Gasteiger partial charge in [0.2, 0.25) is 0 Å². The normalized spacial score (nSPS) is 12.5. The summed E-state index contributed by atoms with van der Waals surface area (Å²) in [4.78, 5) is 2.69. The molecule has 21 heavy (non-hydrogen) atoms. The number of nitrogens with one attached hydrogen (secondary N) is 1.